The number of halogens is 3. The number of hydrogen-bond acceptors (Lipinski definition) is 3. The van der Waals surface area contributed by atoms with Crippen LogP contribution in [0.25, 0.3) is 6.08 Å². The molecule has 124 valence electrons. The standard InChI is InChI=1S/C18H13Cl2FO3/c1-11(22)24-17-9-12(6-8-16(17)21)5-7-14(23)10-13-3-2-4-15(19)18(13)20/h2-9H,10H2,1H3/b7-5+. The van der Waals surface area contributed by atoms with Crippen LogP contribution >= 0.6 is 23.2 Å². The van der Waals surface area contributed by atoms with Crippen LogP contribution in [0.2, 0.25) is 10.0 Å². The second-order valence-electron chi connectivity index (χ2n) is 4.97. The summed E-state index contributed by atoms with van der Waals surface area (Å²) in [5.74, 6) is -1.66. The zero-order chi connectivity index (χ0) is 17.7. The molecule has 0 fully saturated rings. The van der Waals surface area contributed by atoms with Gasteiger partial charge in [0.05, 0.1) is 10.0 Å². The van der Waals surface area contributed by atoms with E-state index in [2.05, 4.69) is 0 Å². The molecule has 0 spiro atoms. The van der Waals surface area contributed by atoms with Gasteiger partial charge in [-0.15, -0.1) is 0 Å². The molecule has 0 heterocycles. The summed E-state index contributed by atoms with van der Waals surface area (Å²) in [6.07, 6.45) is 2.95. The summed E-state index contributed by atoms with van der Waals surface area (Å²) in [7, 11) is 0. The maximum absolute atomic E-state index is 13.5. The van der Waals surface area contributed by atoms with Crippen LogP contribution < -0.4 is 4.74 Å². The van der Waals surface area contributed by atoms with Crippen LogP contribution in [0.5, 0.6) is 5.75 Å². The number of benzene rings is 2. The zero-order valence-electron chi connectivity index (χ0n) is 12.7. The minimum Gasteiger partial charge on any atom is -0.424 e. The van der Waals surface area contributed by atoms with Crippen molar-refractivity contribution in [3.8, 4) is 5.75 Å². The molecule has 0 radical (unpaired) electrons. The van der Waals surface area contributed by atoms with E-state index in [-0.39, 0.29) is 18.0 Å². The van der Waals surface area contributed by atoms with Crippen molar-refractivity contribution in [2.45, 2.75) is 13.3 Å². The average molecular weight is 367 g/mol. The Bertz CT molecular complexity index is 816. The largest absolute Gasteiger partial charge is 0.424 e. The molecule has 0 unspecified atom stereocenters. The molecule has 0 N–H and O–H groups in total. The molecule has 6 heteroatoms. The predicted octanol–water partition coefficient (Wildman–Crippen LogP) is 4.88. The van der Waals surface area contributed by atoms with E-state index in [1.165, 1.54) is 31.2 Å². The van der Waals surface area contributed by atoms with Crippen LogP contribution in [0.15, 0.2) is 42.5 Å². The van der Waals surface area contributed by atoms with Crippen LogP contribution in [0.4, 0.5) is 4.39 Å². The lowest BCUT2D eigenvalue weighted by Crippen LogP contribution is -2.03. The second kappa shape index (κ2) is 8.08. The Morgan fingerprint density at radius 3 is 2.67 bits per heavy atom. The number of hydrogen-bond donors (Lipinski definition) is 0. The Morgan fingerprint density at radius 2 is 1.96 bits per heavy atom. The molecule has 0 atom stereocenters. The number of ether oxygens (including phenoxy) is 1. The number of carbonyl (C=O) groups excluding carboxylic acids is 2. The smallest absolute Gasteiger partial charge is 0.308 e. The fraction of sp³-hybridized carbons (Fsp3) is 0.111. The number of rotatable bonds is 5. The monoisotopic (exact) mass is 366 g/mol. The Kier molecular flexibility index (Phi) is 6.12. The fourth-order valence-corrected chi connectivity index (χ4v) is 2.36. The molecule has 0 bridgehead atoms. The highest BCUT2D eigenvalue weighted by atomic mass is 35.5. The molecule has 0 aliphatic rings. The molecule has 2 aromatic carbocycles. The van der Waals surface area contributed by atoms with Crippen molar-refractivity contribution in [3.63, 3.8) is 0 Å². The van der Waals surface area contributed by atoms with Crippen molar-refractivity contribution >= 4 is 41.0 Å². The third kappa shape index (κ3) is 4.91. The lowest BCUT2D eigenvalue weighted by atomic mass is 10.1. The Morgan fingerprint density at radius 1 is 1.21 bits per heavy atom. The first kappa shape index (κ1) is 18.2. The van der Waals surface area contributed by atoms with Crippen molar-refractivity contribution in [3.05, 3.63) is 69.5 Å². The van der Waals surface area contributed by atoms with E-state index in [9.17, 15) is 14.0 Å². The molecule has 0 aliphatic carbocycles. The van der Waals surface area contributed by atoms with E-state index >= 15 is 0 Å². The first-order valence-corrected chi connectivity index (χ1v) is 7.74. The van der Waals surface area contributed by atoms with Crippen molar-refractivity contribution in [2.75, 3.05) is 0 Å². The van der Waals surface area contributed by atoms with Crippen molar-refractivity contribution in [1.82, 2.24) is 0 Å². The summed E-state index contributed by atoms with van der Waals surface area (Å²) in [6, 6.07) is 9.05. The second-order valence-corrected chi connectivity index (χ2v) is 5.76. The fourth-order valence-electron chi connectivity index (χ4n) is 1.98. The molecule has 24 heavy (non-hydrogen) atoms. The van der Waals surface area contributed by atoms with Crippen LogP contribution in [0.1, 0.15) is 18.1 Å². The molecule has 0 saturated heterocycles. The lowest BCUT2D eigenvalue weighted by molar-refractivity contribution is -0.132. The van der Waals surface area contributed by atoms with E-state index in [0.29, 0.717) is 21.2 Å². The SMILES string of the molecule is CC(=O)Oc1cc(/C=C/C(=O)Cc2cccc(Cl)c2Cl)ccc1F. The van der Waals surface area contributed by atoms with Gasteiger partial charge in [-0.1, -0.05) is 47.5 Å². The lowest BCUT2D eigenvalue weighted by Gasteiger charge is -2.04. The Hall–Kier alpha value is -2.17. The van der Waals surface area contributed by atoms with Crippen LogP contribution in [-0.2, 0) is 16.0 Å². The Labute approximate surface area is 148 Å². The van der Waals surface area contributed by atoms with E-state index < -0.39 is 11.8 Å². The van der Waals surface area contributed by atoms with E-state index in [4.69, 9.17) is 27.9 Å². The van der Waals surface area contributed by atoms with Gasteiger partial charge in [0.1, 0.15) is 0 Å². The van der Waals surface area contributed by atoms with Gasteiger partial charge in [0, 0.05) is 13.3 Å². The van der Waals surface area contributed by atoms with Gasteiger partial charge in [-0.2, -0.15) is 0 Å². The molecular formula is C18H13Cl2FO3. The molecule has 2 aromatic rings. The quantitative estimate of drug-likeness (QED) is 0.430. The van der Waals surface area contributed by atoms with Crippen LogP contribution in [0.3, 0.4) is 0 Å². The highest BCUT2D eigenvalue weighted by Crippen LogP contribution is 2.26. The molecule has 2 rings (SSSR count). The molecule has 0 saturated carbocycles. The Balaban J connectivity index is 2.11. The third-order valence-electron chi connectivity index (χ3n) is 3.07. The minimum atomic E-state index is -0.653. The highest BCUT2D eigenvalue weighted by Gasteiger charge is 2.09. The number of carbonyl (C=O) groups is 2. The molecule has 0 aliphatic heterocycles. The van der Waals surface area contributed by atoms with Gasteiger partial charge in [0.25, 0.3) is 0 Å². The van der Waals surface area contributed by atoms with E-state index in [1.54, 1.807) is 18.2 Å². The molecule has 0 amide bonds. The summed E-state index contributed by atoms with van der Waals surface area (Å²) < 4.78 is 18.3. The summed E-state index contributed by atoms with van der Waals surface area (Å²) in [5, 5.41) is 0.732. The third-order valence-corrected chi connectivity index (χ3v) is 3.92. The topological polar surface area (TPSA) is 43.4 Å². The van der Waals surface area contributed by atoms with Crippen LogP contribution in [0, 0.1) is 5.82 Å². The van der Waals surface area contributed by atoms with E-state index in [1.807, 2.05) is 0 Å². The summed E-state index contributed by atoms with van der Waals surface area (Å²) >= 11 is 11.9. The van der Waals surface area contributed by atoms with Gasteiger partial charge in [0.2, 0.25) is 0 Å². The number of allylic oxidation sites excluding steroid dienone is 1. The van der Waals surface area contributed by atoms with Gasteiger partial charge in [-0.25, -0.2) is 4.39 Å². The normalized spacial score (nSPS) is 10.8. The van der Waals surface area contributed by atoms with Crippen molar-refractivity contribution in [2.24, 2.45) is 0 Å². The van der Waals surface area contributed by atoms with Crippen molar-refractivity contribution in [1.29, 1.82) is 0 Å². The van der Waals surface area contributed by atoms with E-state index in [0.717, 1.165) is 6.07 Å². The summed E-state index contributed by atoms with van der Waals surface area (Å²) in [5.41, 5.74) is 1.15. The maximum atomic E-state index is 13.5. The summed E-state index contributed by atoms with van der Waals surface area (Å²) in [4.78, 5) is 23.0. The number of esters is 1. The van der Waals surface area contributed by atoms with Gasteiger partial charge in [-0.05, 0) is 35.4 Å². The molecule has 0 aromatic heterocycles. The highest BCUT2D eigenvalue weighted by molar-refractivity contribution is 6.42. The zero-order valence-corrected chi connectivity index (χ0v) is 14.2. The minimum absolute atomic E-state index is 0.0912. The van der Waals surface area contributed by atoms with Gasteiger partial charge < -0.3 is 4.74 Å². The molecular weight excluding hydrogens is 354 g/mol. The van der Waals surface area contributed by atoms with Gasteiger partial charge >= 0.3 is 5.97 Å². The first-order chi connectivity index (χ1) is 11.4. The van der Waals surface area contributed by atoms with Gasteiger partial charge in [0.15, 0.2) is 17.3 Å². The predicted molar refractivity (Wildman–Crippen MR) is 91.9 cm³/mol. The maximum Gasteiger partial charge on any atom is 0.308 e. The first-order valence-electron chi connectivity index (χ1n) is 6.98. The van der Waals surface area contributed by atoms with Crippen molar-refractivity contribution < 1.29 is 18.7 Å². The van der Waals surface area contributed by atoms with Gasteiger partial charge in [-0.3, -0.25) is 9.59 Å². The molecule has 3 nitrogen and oxygen atoms in total. The number of ketones is 1. The average Bonchev–Trinajstić information content (AvgIpc) is 2.52. The summed E-state index contributed by atoms with van der Waals surface area (Å²) in [6.45, 7) is 1.18. The van der Waals surface area contributed by atoms with Crippen LogP contribution in [-0.4, -0.2) is 11.8 Å².